The molecule has 14 heavy (non-hydrogen) atoms. The number of aromatic nitrogens is 2. The van der Waals surface area contributed by atoms with E-state index in [1.807, 2.05) is 6.92 Å². The van der Waals surface area contributed by atoms with Gasteiger partial charge in [-0.1, -0.05) is 22.5 Å². The molecule has 0 aliphatic rings. The van der Waals surface area contributed by atoms with Crippen LogP contribution < -0.4 is 5.32 Å². The SMILES string of the molecule is C=C(Br)CNC(=O)c1ccc(C)nn1. The van der Waals surface area contributed by atoms with E-state index in [4.69, 9.17) is 0 Å². The number of carbonyl (C=O) groups excluding carboxylic acids is 1. The van der Waals surface area contributed by atoms with Crippen LogP contribution in [0, 0.1) is 6.92 Å². The van der Waals surface area contributed by atoms with Crippen molar-refractivity contribution in [3.8, 4) is 0 Å². The first-order chi connectivity index (χ1) is 6.59. The first-order valence-electron chi connectivity index (χ1n) is 4.01. The van der Waals surface area contributed by atoms with Gasteiger partial charge in [-0.25, -0.2) is 0 Å². The number of halogens is 1. The van der Waals surface area contributed by atoms with Gasteiger partial charge in [-0.05, 0) is 19.1 Å². The van der Waals surface area contributed by atoms with Gasteiger partial charge in [0.05, 0.1) is 5.69 Å². The number of aryl methyl sites for hydroxylation is 1. The highest BCUT2D eigenvalue weighted by atomic mass is 79.9. The number of hydrogen-bond donors (Lipinski definition) is 1. The molecule has 0 saturated carbocycles. The Morgan fingerprint density at radius 1 is 1.57 bits per heavy atom. The van der Waals surface area contributed by atoms with E-state index in [1.54, 1.807) is 12.1 Å². The van der Waals surface area contributed by atoms with Crippen molar-refractivity contribution in [1.29, 1.82) is 0 Å². The molecule has 4 nitrogen and oxygen atoms in total. The minimum Gasteiger partial charge on any atom is -0.346 e. The van der Waals surface area contributed by atoms with Gasteiger partial charge in [0, 0.05) is 11.0 Å². The maximum Gasteiger partial charge on any atom is 0.272 e. The molecule has 0 bridgehead atoms. The second-order valence-corrected chi connectivity index (χ2v) is 3.88. The fraction of sp³-hybridized carbons (Fsp3) is 0.222. The monoisotopic (exact) mass is 255 g/mol. The standard InChI is InChI=1S/C9H10BrN3O/c1-6(10)5-11-9(14)8-4-3-7(2)12-13-8/h3-4H,1,5H2,2H3,(H,11,14). The average molecular weight is 256 g/mol. The maximum absolute atomic E-state index is 11.4. The van der Waals surface area contributed by atoms with Crippen LogP contribution in [0.2, 0.25) is 0 Å². The summed E-state index contributed by atoms with van der Waals surface area (Å²) in [6.45, 7) is 5.80. The van der Waals surface area contributed by atoms with Crippen molar-refractivity contribution >= 4 is 21.8 Å². The van der Waals surface area contributed by atoms with Gasteiger partial charge in [-0.3, -0.25) is 4.79 Å². The third-order valence-electron chi connectivity index (χ3n) is 1.47. The number of hydrogen-bond acceptors (Lipinski definition) is 3. The molecule has 1 rings (SSSR count). The topological polar surface area (TPSA) is 54.9 Å². The Labute approximate surface area is 90.6 Å². The average Bonchev–Trinajstić information content (AvgIpc) is 2.15. The highest BCUT2D eigenvalue weighted by Crippen LogP contribution is 1.99. The van der Waals surface area contributed by atoms with Crippen molar-refractivity contribution in [2.24, 2.45) is 0 Å². The van der Waals surface area contributed by atoms with Crippen LogP contribution in [0.25, 0.3) is 0 Å². The van der Waals surface area contributed by atoms with E-state index < -0.39 is 0 Å². The summed E-state index contributed by atoms with van der Waals surface area (Å²) in [6.07, 6.45) is 0. The Morgan fingerprint density at radius 2 is 2.29 bits per heavy atom. The summed E-state index contributed by atoms with van der Waals surface area (Å²) in [5, 5.41) is 10.2. The molecular formula is C9H10BrN3O. The highest BCUT2D eigenvalue weighted by Gasteiger charge is 2.06. The zero-order chi connectivity index (χ0) is 10.6. The Hall–Kier alpha value is -1.23. The van der Waals surface area contributed by atoms with Gasteiger partial charge in [0.2, 0.25) is 0 Å². The lowest BCUT2D eigenvalue weighted by molar-refractivity contribution is 0.0952. The van der Waals surface area contributed by atoms with Gasteiger partial charge in [0.15, 0.2) is 5.69 Å². The molecule has 1 aromatic rings. The molecule has 0 fully saturated rings. The van der Waals surface area contributed by atoms with E-state index in [-0.39, 0.29) is 5.91 Å². The van der Waals surface area contributed by atoms with Crippen LogP contribution in [0.1, 0.15) is 16.2 Å². The van der Waals surface area contributed by atoms with Crippen LogP contribution in [0.4, 0.5) is 0 Å². The molecule has 5 heteroatoms. The first kappa shape index (κ1) is 10.8. The molecule has 1 aromatic heterocycles. The van der Waals surface area contributed by atoms with E-state index in [0.29, 0.717) is 16.7 Å². The smallest absolute Gasteiger partial charge is 0.272 e. The summed E-state index contributed by atoms with van der Waals surface area (Å²) in [7, 11) is 0. The zero-order valence-corrected chi connectivity index (χ0v) is 9.34. The van der Waals surface area contributed by atoms with Crippen molar-refractivity contribution in [2.75, 3.05) is 6.54 Å². The lowest BCUT2D eigenvalue weighted by Gasteiger charge is -2.02. The molecule has 1 heterocycles. The second-order valence-electron chi connectivity index (χ2n) is 2.76. The lowest BCUT2D eigenvalue weighted by atomic mass is 10.3. The van der Waals surface area contributed by atoms with Crippen molar-refractivity contribution in [2.45, 2.75) is 6.92 Å². The van der Waals surface area contributed by atoms with E-state index in [0.717, 1.165) is 5.69 Å². The third kappa shape index (κ3) is 3.26. The van der Waals surface area contributed by atoms with Crippen molar-refractivity contribution < 1.29 is 4.79 Å². The van der Waals surface area contributed by atoms with Gasteiger partial charge in [-0.2, -0.15) is 5.10 Å². The Balaban J connectivity index is 2.61. The molecule has 0 atom stereocenters. The highest BCUT2D eigenvalue weighted by molar-refractivity contribution is 9.11. The van der Waals surface area contributed by atoms with Crippen LogP contribution in [-0.2, 0) is 0 Å². The second kappa shape index (κ2) is 4.85. The minimum atomic E-state index is -0.252. The Morgan fingerprint density at radius 3 is 2.79 bits per heavy atom. The van der Waals surface area contributed by atoms with Crippen molar-refractivity contribution in [3.05, 3.63) is 34.6 Å². The predicted molar refractivity (Wildman–Crippen MR) is 57.2 cm³/mol. The van der Waals surface area contributed by atoms with Crippen LogP contribution in [0.15, 0.2) is 23.2 Å². The van der Waals surface area contributed by atoms with Crippen molar-refractivity contribution in [3.63, 3.8) is 0 Å². The third-order valence-corrected chi connectivity index (χ3v) is 1.75. The van der Waals surface area contributed by atoms with Crippen LogP contribution in [0.3, 0.4) is 0 Å². The summed E-state index contributed by atoms with van der Waals surface area (Å²) < 4.78 is 0.714. The van der Waals surface area contributed by atoms with E-state index in [1.165, 1.54) is 0 Å². The number of nitrogens with zero attached hydrogens (tertiary/aromatic N) is 2. The fourth-order valence-corrected chi connectivity index (χ4v) is 0.927. The number of amides is 1. The zero-order valence-electron chi connectivity index (χ0n) is 7.75. The lowest BCUT2D eigenvalue weighted by Crippen LogP contribution is -2.25. The van der Waals surface area contributed by atoms with Gasteiger partial charge >= 0.3 is 0 Å². The van der Waals surface area contributed by atoms with E-state index >= 15 is 0 Å². The quantitative estimate of drug-likeness (QED) is 0.889. The Bertz CT molecular complexity index is 348. The van der Waals surface area contributed by atoms with E-state index in [2.05, 4.69) is 38.0 Å². The van der Waals surface area contributed by atoms with Gasteiger partial charge in [0.25, 0.3) is 5.91 Å². The largest absolute Gasteiger partial charge is 0.346 e. The molecule has 0 aliphatic heterocycles. The van der Waals surface area contributed by atoms with E-state index in [9.17, 15) is 4.79 Å². The molecule has 0 spiro atoms. The fourth-order valence-electron chi connectivity index (χ4n) is 0.787. The molecule has 0 saturated heterocycles. The van der Waals surface area contributed by atoms with Crippen molar-refractivity contribution in [1.82, 2.24) is 15.5 Å². The van der Waals surface area contributed by atoms with Crippen LogP contribution in [0.5, 0.6) is 0 Å². The minimum absolute atomic E-state index is 0.252. The molecule has 0 aliphatic carbocycles. The molecule has 0 unspecified atom stereocenters. The summed E-state index contributed by atoms with van der Waals surface area (Å²) in [5.41, 5.74) is 1.09. The summed E-state index contributed by atoms with van der Waals surface area (Å²) in [5.74, 6) is -0.252. The number of rotatable bonds is 3. The van der Waals surface area contributed by atoms with Gasteiger partial charge < -0.3 is 5.32 Å². The molecule has 0 radical (unpaired) electrons. The maximum atomic E-state index is 11.4. The number of nitrogens with one attached hydrogen (secondary N) is 1. The van der Waals surface area contributed by atoms with Gasteiger partial charge in [-0.15, -0.1) is 5.10 Å². The van der Waals surface area contributed by atoms with Crippen LogP contribution >= 0.6 is 15.9 Å². The van der Waals surface area contributed by atoms with Gasteiger partial charge in [0.1, 0.15) is 0 Å². The predicted octanol–water partition coefficient (Wildman–Crippen LogP) is 1.42. The summed E-state index contributed by atoms with van der Waals surface area (Å²) >= 11 is 3.14. The first-order valence-corrected chi connectivity index (χ1v) is 4.80. The molecule has 74 valence electrons. The normalized spacial score (nSPS) is 9.57. The summed E-state index contributed by atoms with van der Waals surface area (Å²) in [6, 6.07) is 3.37. The Kier molecular flexibility index (Phi) is 3.76. The summed E-state index contributed by atoms with van der Waals surface area (Å²) in [4.78, 5) is 11.4. The molecular weight excluding hydrogens is 246 g/mol. The molecule has 1 amide bonds. The number of carbonyl (C=O) groups is 1. The molecule has 1 N–H and O–H groups in total. The van der Waals surface area contributed by atoms with Crippen LogP contribution in [-0.4, -0.2) is 22.6 Å². The molecule has 0 aromatic carbocycles.